The molecule has 0 amide bonds. The summed E-state index contributed by atoms with van der Waals surface area (Å²) >= 11 is 0. The number of ether oxygens (including phenoxy) is 1. The first-order valence-electron chi connectivity index (χ1n) is 6.95. The molecule has 8 heteroatoms. The van der Waals surface area contributed by atoms with Gasteiger partial charge in [-0.05, 0) is 29.3 Å². The van der Waals surface area contributed by atoms with Crippen LogP contribution < -0.4 is 4.72 Å². The number of halogens is 3. The first-order valence-corrected chi connectivity index (χ1v) is 8.84. The van der Waals surface area contributed by atoms with Crippen LogP contribution in [0, 0.1) is 0 Å². The standard InChI is InChI=1S/C16H16F3NO3S/c1-24(21,22)20-14-7-8-15(16(17,18)19)13(9-14)11-23-10-12-5-3-2-4-6-12/h2-9,20H,10-11H2,1H3. The molecule has 130 valence electrons. The largest absolute Gasteiger partial charge is 0.416 e. The van der Waals surface area contributed by atoms with Crippen molar-refractivity contribution in [1.82, 2.24) is 0 Å². The predicted molar refractivity (Wildman–Crippen MR) is 84.8 cm³/mol. The lowest BCUT2D eigenvalue weighted by Gasteiger charge is -2.15. The van der Waals surface area contributed by atoms with Crippen LogP contribution in [-0.2, 0) is 34.2 Å². The molecule has 0 atom stereocenters. The number of sulfonamides is 1. The summed E-state index contributed by atoms with van der Waals surface area (Å²) in [6.45, 7) is -0.134. The molecule has 0 fully saturated rings. The average molecular weight is 359 g/mol. The number of nitrogens with one attached hydrogen (secondary N) is 1. The molecule has 0 saturated carbocycles. The highest BCUT2D eigenvalue weighted by atomic mass is 32.2. The SMILES string of the molecule is CS(=O)(=O)Nc1ccc(C(F)(F)F)c(COCc2ccccc2)c1. The molecule has 0 aliphatic carbocycles. The Morgan fingerprint density at radius 1 is 1.04 bits per heavy atom. The fraction of sp³-hybridized carbons (Fsp3) is 0.250. The molecule has 0 radical (unpaired) electrons. The van der Waals surface area contributed by atoms with E-state index in [1.807, 2.05) is 6.07 Å². The van der Waals surface area contributed by atoms with Gasteiger partial charge in [-0.15, -0.1) is 0 Å². The molecule has 0 unspecified atom stereocenters. The van der Waals surface area contributed by atoms with Gasteiger partial charge in [0.05, 0.1) is 25.0 Å². The Bertz CT molecular complexity index is 790. The maximum atomic E-state index is 13.1. The molecule has 4 nitrogen and oxygen atoms in total. The Balaban J connectivity index is 2.19. The molecule has 2 rings (SSSR count). The van der Waals surface area contributed by atoms with Gasteiger partial charge in [0, 0.05) is 5.69 Å². The average Bonchev–Trinajstić information content (AvgIpc) is 2.45. The second-order valence-electron chi connectivity index (χ2n) is 5.22. The van der Waals surface area contributed by atoms with Crippen LogP contribution in [0.3, 0.4) is 0 Å². The van der Waals surface area contributed by atoms with Crippen LogP contribution in [0.5, 0.6) is 0 Å². The van der Waals surface area contributed by atoms with Gasteiger partial charge in [0.2, 0.25) is 10.0 Å². The quantitative estimate of drug-likeness (QED) is 0.854. The first-order chi connectivity index (χ1) is 11.1. The lowest BCUT2D eigenvalue weighted by Crippen LogP contribution is -2.13. The number of alkyl halides is 3. The zero-order valence-electron chi connectivity index (χ0n) is 12.8. The highest BCUT2D eigenvalue weighted by Gasteiger charge is 2.33. The van der Waals surface area contributed by atoms with Crippen molar-refractivity contribution in [3.8, 4) is 0 Å². The van der Waals surface area contributed by atoms with Crippen LogP contribution in [0.1, 0.15) is 16.7 Å². The summed E-state index contributed by atoms with van der Waals surface area (Å²) in [4.78, 5) is 0. The van der Waals surface area contributed by atoms with E-state index in [9.17, 15) is 21.6 Å². The van der Waals surface area contributed by atoms with Crippen molar-refractivity contribution >= 4 is 15.7 Å². The summed E-state index contributed by atoms with van der Waals surface area (Å²) in [5, 5.41) is 0. The fourth-order valence-electron chi connectivity index (χ4n) is 2.12. The van der Waals surface area contributed by atoms with Gasteiger partial charge in [-0.3, -0.25) is 4.72 Å². The van der Waals surface area contributed by atoms with Crippen molar-refractivity contribution in [1.29, 1.82) is 0 Å². The van der Waals surface area contributed by atoms with Crippen molar-refractivity contribution in [3.05, 3.63) is 65.2 Å². The van der Waals surface area contributed by atoms with Gasteiger partial charge in [0.1, 0.15) is 0 Å². The Labute approximate surface area is 138 Å². The molecule has 0 bridgehead atoms. The van der Waals surface area contributed by atoms with E-state index in [1.165, 1.54) is 0 Å². The van der Waals surface area contributed by atoms with E-state index in [0.717, 1.165) is 30.0 Å². The number of hydrogen-bond donors (Lipinski definition) is 1. The number of anilines is 1. The zero-order chi connectivity index (χ0) is 17.8. The summed E-state index contributed by atoms with van der Waals surface area (Å²) < 4.78 is 69.2. The van der Waals surface area contributed by atoms with Crippen molar-refractivity contribution in [3.63, 3.8) is 0 Å². The lowest BCUT2D eigenvalue weighted by molar-refractivity contribution is -0.138. The Morgan fingerprint density at radius 2 is 1.71 bits per heavy atom. The maximum absolute atomic E-state index is 13.1. The van der Waals surface area contributed by atoms with Gasteiger partial charge in [0.25, 0.3) is 0 Å². The molecular formula is C16H16F3NO3S. The Hall–Kier alpha value is -2.06. The number of rotatable bonds is 6. The third-order valence-electron chi connectivity index (χ3n) is 3.08. The third-order valence-corrected chi connectivity index (χ3v) is 3.69. The minimum Gasteiger partial charge on any atom is -0.372 e. The highest BCUT2D eigenvalue weighted by Crippen LogP contribution is 2.34. The van der Waals surface area contributed by atoms with Gasteiger partial charge in [-0.25, -0.2) is 8.42 Å². The summed E-state index contributed by atoms with van der Waals surface area (Å²) in [5.74, 6) is 0. The Kier molecular flexibility index (Phi) is 5.51. The molecule has 0 spiro atoms. The zero-order valence-corrected chi connectivity index (χ0v) is 13.6. The molecule has 24 heavy (non-hydrogen) atoms. The Morgan fingerprint density at radius 3 is 2.29 bits per heavy atom. The van der Waals surface area contributed by atoms with Crippen LogP contribution in [0.25, 0.3) is 0 Å². The summed E-state index contributed by atoms with van der Waals surface area (Å²) in [6.07, 6.45) is -3.62. The lowest BCUT2D eigenvalue weighted by atomic mass is 10.1. The van der Waals surface area contributed by atoms with Crippen LogP contribution >= 0.6 is 0 Å². The van der Waals surface area contributed by atoms with Gasteiger partial charge < -0.3 is 4.74 Å². The van der Waals surface area contributed by atoms with Gasteiger partial charge >= 0.3 is 6.18 Å². The van der Waals surface area contributed by atoms with E-state index in [-0.39, 0.29) is 24.5 Å². The summed E-state index contributed by atoms with van der Waals surface area (Å²) in [7, 11) is -3.58. The van der Waals surface area contributed by atoms with E-state index in [0.29, 0.717) is 0 Å². The van der Waals surface area contributed by atoms with Crippen LogP contribution in [-0.4, -0.2) is 14.7 Å². The molecule has 2 aromatic carbocycles. The second kappa shape index (κ2) is 7.23. The van der Waals surface area contributed by atoms with E-state index >= 15 is 0 Å². The summed E-state index contributed by atoms with van der Waals surface area (Å²) in [6, 6.07) is 12.1. The van der Waals surface area contributed by atoms with E-state index < -0.39 is 21.8 Å². The third kappa shape index (κ3) is 5.54. The fourth-order valence-corrected chi connectivity index (χ4v) is 2.68. The summed E-state index contributed by atoms with van der Waals surface area (Å²) in [5.41, 5.74) is -0.0954. The van der Waals surface area contributed by atoms with E-state index in [4.69, 9.17) is 4.74 Å². The molecule has 2 aromatic rings. The number of hydrogen-bond acceptors (Lipinski definition) is 3. The minimum atomic E-state index is -4.55. The molecule has 0 saturated heterocycles. The van der Waals surface area contributed by atoms with Crippen LogP contribution in [0.4, 0.5) is 18.9 Å². The van der Waals surface area contributed by atoms with E-state index in [2.05, 4.69) is 4.72 Å². The topological polar surface area (TPSA) is 55.4 Å². The number of benzene rings is 2. The van der Waals surface area contributed by atoms with Gasteiger partial charge in [-0.2, -0.15) is 13.2 Å². The van der Waals surface area contributed by atoms with Gasteiger partial charge in [-0.1, -0.05) is 30.3 Å². The normalized spacial score (nSPS) is 12.2. The monoisotopic (exact) mass is 359 g/mol. The maximum Gasteiger partial charge on any atom is 0.416 e. The van der Waals surface area contributed by atoms with E-state index in [1.54, 1.807) is 24.3 Å². The van der Waals surface area contributed by atoms with Gasteiger partial charge in [0.15, 0.2) is 0 Å². The van der Waals surface area contributed by atoms with Crippen molar-refractivity contribution in [2.24, 2.45) is 0 Å². The van der Waals surface area contributed by atoms with Crippen LogP contribution in [0.2, 0.25) is 0 Å². The van der Waals surface area contributed by atoms with Crippen LogP contribution in [0.15, 0.2) is 48.5 Å². The van der Waals surface area contributed by atoms with Crippen molar-refractivity contribution in [2.45, 2.75) is 19.4 Å². The molecule has 0 aliphatic heterocycles. The molecule has 0 heterocycles. The minimum absolute atomic E-state index is 0.0591. The molecular weight excluding hydrogens is 343 g/mol. The smallest absolute Gasteiger partial charge is 0.372 e. The molecule has 0 aliphatic rings. The predicted octanol–water partition coefficient (Wildman–Crippen LogP) is 3.79. The molecule has 0 aromatic heterocycles. The second-order valence-corrected chi connectivity index (χ2v) is 6.97. The first kappa shape index (κ1) is 18.3. The van der Waals surface area contributed by atoms with Crippen molar-refractivity contribution < 1.29 is 26.3 Å². The highest BCUT2D eigenvalue weighted by molar-refractivity contribution is 7.92. The molecule has 1 N–H and O–H groups in total. The van der Waals surface area contributed by atoms with Crippen molar-refractivity contribution in [2.75, 3.05) is 11.0 Å².